The van der Waals surface area contributed by atoms with Crippen LogP contribution in [0, 0.1) is 5.41 Å². The number of nitrogens with one attached hydrogen (secondary N) is 2. The fourth-order valence-electron chi connectivity index (χ4n) is 0.639. The van der Waals surface area contributed by atoms with Crippen LogP contribution in [0.25, 0.3) is 0 Å². The molecule has 0 unspecified atom stereocenters. The summed E-state index contributed by atoms with van der Waals surface area (Å²) in [6, 6.07) is 0. The molecule has 0 fully saturated rings. The van der Waals surface area contributed by atoms with Gasteiger partial charge in [-0.2, -0.15) is 8.42 Å². The average molecular weight is 238 g/mol. The van der Waals surface area contributed by atoms with Gasteiger partial charge in [0.1, 0.15) is 0 Å². The fraction of sp³-hybridized carbons (Fsp3) is 0.875. The van der Waals surface area contributed by atoms with Crippen molar-refractivity contribution >= 4 is 16.2 Å². The van der Waals surface area contributed by atoms with Crippen molar-refractivity contribution in [1.82, 2.24) is 9.44 Å². The predicted molar refractivity (Wildman–Crippen MR) is 56.6 cm³/mol. The van der Waals surface area contributed by atoms with Crippen LogP contribution in [0.3, 0.4) is 0 Å². The normalized spacial score (nSPS) is 12.7. The van der Waals surface area contributed by atoms with E-state index in [4.69, 9.17) is 5.11 Å². The van der Waals surface area contributed by atoms with Gasteiger partial charge in [0.25, 0.3) is 10.2 Å². The number of hydrogen-bond acceptors (Lipinski definition) is 3. The van der Waals surface area contributed by atoms with Crippen LogP contribution >= 0.6 is 0 Å². The van der Waals surface area contributed by atoms with Crippen LogP contribution in [0.4, 0.5) is 0 Å². The first-order chi connectivity index (χ1) is 6.71. The smallest absolute Gasteiger partial charge is 0.310 e. The van der Waals surface area contributed by atoms with Gasteiger partial charge in [-0.05, 0) is 20.3 Å². The number of hydrogen-bond donors (Lipinski definition) is 3. The Hall–Kier alpha value is -0.660. The molecule has 0 aromatic rings. The summed E-state index contributed by atoms with van der Waals surface area (Å²) in [5, 5.41) is 8.76. The molecule has 7 heteroatoms. The highest BCUT2D eigenvalue weighted by atomic mass is 32.2. The van der Waals surface area contributed by atoms with Crippen molar-refractivity contribution in [2.45, 2.75) is 27.2 Å². The maximum atomic E-state index is 11.2. The Morgan fingerprint density at radius 1 is 1.33 bits per heavy atom. The van der Waals surface area contributed by atoms with Crippen LogP contribution in [-0.2, 0) is 15.0 Å². The number of rotatable bonds is 7. The third-order valence-electron chi connectivity index (χ3n) is 1.83. The van der Waals surface area contributed by atoms with Crippen molar-refractivity contribution in [2.24, 2.45) is 5.41 Å². The van der Waals surface area contributed by atoms with Gasteiger partial charge >= 0.3 is 5.97 Å². The van der Waals surface area contributed by atoms with Gasteiger partial charge in [-0.25, -0.2) is 9.44 Å². The van der Waals surface area contributed by atoms with E-state index in [2.05, 4.69) is 9.44 Å². The summed E-state index contributed by atoms with van der Waals surface area (Å²) in [6.07, 6.45) is 0.684. The van der Waals surface area contributed by atoms with E-state index in [1.807, 2.05) is 6.92 Å². The predicted octanol–water partition coefficient (Wildman–Crippen LogP) is -0.0688. The van der Waals surface area contributed by atoms with Crippen molar-refractivity contribution in [3.8, 4) is 0 Å². The van der Waals surface area contributed by atoms with Crippen LogP contribution < -0.4 is 9.44 Å². The van der Waals surface area contributed by atoms with E-state index in [-0.39, 0.29) is 6.54 Å². The molecule has 15 heavy (non-hydrogen) atoms. The molecular weight excluding hydrogens is 220 g/mol. The largest absolute Gasteiger partial charge is 0.481 e. The molecular formula is C8H18N2O4S. The van der Waals surface area contributed by atoms with Crippen LogP contribution in [0.1, 0.15) is 27.2 Å². The number of carboxylic acid groups (broad SMARTS) is 1. The Morgan fingerprint density at radius 3 is 2.27 bits per heavy atom. The maximum Gasteiger partial charge on any atom is 0.310 e. The van der Waals surface area contributed by atoms with Gasteiger partial charge in [0, 0.05) is 13.1 Å². The molecule has 6 nitrogen and oxygen atoms in total. The lowest BCUT2D eigenvalue weighted by Crippen LogP contribution is -2.44. The molecule has 0 aliphatic heterocycles. The minimum absolute atomic E-state index is 0.138. The molecule has 3 N–H and O–H groups in total. The molecule has 0 saturated heterocycles. The lowest BCUT2D eigenvalue weighted by Gasteiger charge is -2.19. The molecule has 90 valence electrons. The summed E-state index contributed by atoms with van der Waals surface area (Å²) in [7, 11) is -3.57. The molecule has 0 aliphatic rings. The van der Waals surface area contributed by atoms with Crippen LogP contribution in [0.5, 0.6) is 0 Å². The Morgan fingerprint density at radius 2 is 1.87 bits per heavy atom. The van der Waals surface area contributed by atoms with E-state index in [9.17, 15) is 13.2 Å². The van der Waals surface area contributed by atoms with E-state index >= 15 is 0 Å². The quantitative estimate of drug-likeness (QED) is 0.578. The molecule has 0 aromatic heterocycles. The summed E-state index contributed by atoms with van der Waals surface area (Å²) < 4.78 is 27.0. The molecule has 0 bridgehead atoms. The zero-order valence-electron chi connectivity index (χ0n) is 9.20. The maximum absolute atomic E-state index is 11.2. The van der Waals surface area contributed by atoms with E-state index in [1.54, 1.807) is 0 Å². The summed E-state index contributed by atoms with van der Waals surface area (Å²) in [4.78, 5) is 10.7. The Balaban J connectivity index is 4.21. The molecule has 0 aromatic carbocycles. The number of carbonyl (C=O) groups is 1. The second-order valence-corrected chi connectivity index (χ2v) is 5.49. The topological polar surface area (TPSA) is 95.5 Å². The minimum atomic E-state index is -3.57. The first kappa shape index (κ1) is 14.3. The third-order valence-corrected chi connectivity index (χ3v) is 2.93. The van der Waals surface area contributed by atoms with Crippen molar-refractivity contribution < 1.29 is 18.3 Å². The second-order valence-electron chi connectivity index (χ2n) is 3.91. The molecule has 0 atom stereocenters. The molecule has 0 saturated carbocycles. The van der Waals surface area contributed by atoms with Gasteiger partial charge in [-0.3, -0.25) is 4.79 Å². The average Bonchev–Trinajstić information content (AvgIpc) is 2.12. The van der Waals surface area contributed by atoms with E-state index in [0.717, 1.165) is 0 Å². The Bertz CT molecular complexity index is 311. The van der Waals surface area contributed by atoms with Gasteiger partial charge in [0.15, 0.2) is 0 Å². The molecule has 0 aliphatic carbocycles. The minimum Gasteiger partial charge on any atom is -0.481 e. The zero-order chi connectivity index (χ0) is 12.1. The lowest BCUT2D eigenvalue weighted by atomic mass is 9.95. The summed E-state index contributed by atoms with van der Waals surface area (Å²) in [5.41, 5.74) is -1.11. The van der Waals surface area contributed by atoms with Gasteiger partial charge in [-0.1, -0.05) is 6.92 Å². The summed E-state index contributed by atoms with van der Waals surface area (Å²) in [6.45, 7) is 4.95. The Kier molecular flexibility index (Phi) is 5.19. The van der Waals surface area contributed by atoms with Gasteiger partial charge in [0.05, 0.1) is 5.41 Å². The Labute approximate surface area is 90.2 Å². The first-order valence-electron chi connectivity index (χ1n) is 4.69. The van der Waals surface area contributed by atoms with Crippen LogP contribution in [0.15, 0.2) is 0 Å². The van der Waals surface area contributed by atoms with Crippen LogP contribution in [-0.4, -0.2) is 32.6 Å². The molecule has 0 amide bonds. The highest BCUT2D eigenvalue weighted by molar-refractivity contribution is 7.87. The van der Waals surface area contributed by atoms with Crippen molar-refractivity contribution in [2.75, 3.05) is 13.1 Å². The summed E-state index contributed by atoms with van der Waals surface area (Å²) >= 11 is 0. The first-order valence-corrected chi connectivity index (χ1v) is 6.17. The molecule has 0 radical (unpaired) electrons. The fourth-order valence-corrected chi connectivity index (χ4v) is 1.76. The second kappa shape index (κ2) is 5.43. The zero-order valence-corrected chi connectivity index (χ0v) is 10.0. The molecule has 0 spiro atoms. The standard InChI is InChI=1S/C8H18N2O4S/c1-4-5-9-15(13,14)10-6-8(2,3)7(11)12/h9-10H,4-6H2,1-3H3,(H,11,12). The van der Waals surface area contributed by atoms with Crippen molar-refractivity contribution in [1.29, 1.82) is 0 Å². The van der Waals surface area contributed by atoms with E-state index < -0.39 is 21.6 Å². The molecule has 0 heterocycles. The highest BCUT2D eigenvalue weighted by Crippen LogP contribution is 2.13. The van der Waals surface area contributed by atoms with E-state index in [0.29, 0.717) is 13.0 Å². The summed E-state index contributed by atoms with van der Waals surface area (Å²) in [5.74, 6) is -1.04. The van der Waals surface area contributed by atoms with Gasteiger partial charge in [-0.15, -0.1) is 0 Å². The third kappa shape index (κ3) is 5.71. The number of carboxylic acids is 1. The van der Waals surface area contributed by atoms with Gasteiger partial charge < -0.3 is 5.11 Å². The lowest BCUT2D eigenvalue weighted by molar-refractivity contribution is -0.146. The van der Waals surface area contributed by atoms with Crippen molar-refractivity contribution in [3.05, 3.63) is 0 Å². The van der Waals surface area contributed by atoms with E-state index in [1.165, 1.54) is 13.8 Å². The van der Waals surface area contributed by atoms with Gasteiger partial charge in [0.2, 0.25) is 0 Å². The highest BCUT2D eigenvalue weighted by Gasteiger charge is 2.28. The molecule has 0 rings (SSSR count). The van der Waals surface area contributed by atoms with Crippen LogP contribution in [0.2, 0.25) is 0 Å². The van der Waals surface area contributed by atoms with Crippen molar-refractivity contribution in [3.63, 3.8) is 0 Å². The number of aliphatic carboxylic acids is 1. The SMILES string of the molecule is CCCNS(=O)(=O)NCC(C)(C)C(=O)O. The monoisotopic (exact) mass is 238 g/mol.